The molecule has 3 aliphatic heterocycles. The van der Waals surface area contributed by atoms with Crippen molar-refractivity contribution in [2.45, 2.75) is 31.7 Å². The smallest absolute Gasteiger partial charge is 0.257 e. The molecule has 0 unspecified atom stereocenters. The van der Waals surface area contributed by atoms with Gasteiger partial charge in [0.05, 0.1) is 25.7 Å². The summed E-state index contributed by atoms with van der Waals surface area (Å²) in [6.45, 7) is 1.99. The van der Waals surface area contributed by atoms with E-state index >= 15 is 0 Å². The van der Waals surface area contributed by atoms with E-state index in [1.54, 1.807) is 32.4 Å². The first-order valence-electron chi connectivity index (χ1n) is 9.42. The quantitative estimate of drug-likeness (QED) is 0.809. The average molecular weight is 358 g/mol. The van der Waals surface area contributed by atoms with Crippen molar-refractivity contribution >= 4 is 11.8 Å². The van der Waals surface area contributed by atoms with Crippen LogP contribution in [-0.4, -0.2) is 61.5 Å². The minimum Gasteiger partial charge on any atom is -0.497 e. The Morgan fingerprint density at radius 2 is 1.92 bits per heavy atom. The molecule has 2 bridgehead atoms. The summed E-state index contributed by atoms with van der Waals surface area (Å²) in [6, 6.07) is 5.39. The van der Waals surface area contributed by atoms with Gasteiger partial charge < -0.3 is 19.3 Å². The molecule has 6 nitrogen and oxygen atoms in total. The molecule has 0 aromatic heterocycles. The van der Waals surface area contributed by atoms with E-state index in [-0.39, 0.29) is 23.8 Å². The van der Waals surface area contributed by atoms with Gasteiger partial charge in [-0.1, -0.05) is 0 Å². The largest absolute Gasteiger partial charge is 0.497 e. The Morgan fingerprint density at radius 1 is 1.12 bits per heavy atom. The fourth-order valence-corrected chi connectivity index (χ4v) is 4.17. The molecule has 1 aromatic carbocycles. The van der Waals surface area contributed by atoms with E-state index in [1.165, 1.54) is 12.8 Å². The summed E-state index contributed by atoms with van der Waals surface area (Å²) in [5, 5.41) is 0. The zero-order chi connectivity index (χ0) is 18.3. The third-order valence-corrected chi connectivity index (χ3v) is 5.87. The number of hydrogen-bond donors (Lipinski definition) is 0. The first kappa shape index (κ1) is 17.2. The van der Waals surface area contributed by atoms with Crippen LogP contribution < -0.4 is 9.47 Å². The molecular formula is C20H26N2O4. The Balaban J connectivity index is 1.56. The zero-order valence-corrected chi connectivity index (χ0v) is 15.4. The summed E-state index contributed by atoms with van der Waals surface area (Å²) in [4.78, 5) is 29.9. The van der Waals surface area contributed by atoms with Crippen LogP contribution in [0.1, 0.15) is 36.0 Å². The van der Waals surface area contributed by atoms with Gasteiger partial charge in [-0.25, -0.2) is 0 Å². The van der Waals surface area contributed by atoms with Crippen molar-refractivity contribution in [1.82, 2.24) is 9.80 Å². The van der Waals surface area contributed by atoms with Crippen molar-refractivity contribution in [3.8, 4) is 11.5 Å². The highest BCUT2D eigenvalue weighted by atomic mass is 16.5. The molecule has 2 atom stereocenters. The molecule has 4 aliphatic rings. The molecule has 0 N–H and O–H groups in total. The molecule has 1 saturated carbocycles. The molecule has 1 aliphatic carbocycles. The number of carbonyl (C=O) groups is 2. The van der Waals surface area contributed by atoms with Crippen molar-refractivity contribution in [3.05, 3.63) is 23.8 Å². The highest BCUT2D eigenvalue weighted by Gasteiger charge is 2.43. The Hall–Kier alpha value is -2.24. The highest BCUT2D eigenvalue weighted by molar-refractivity contribution is 5.97. The van der Waals surface area contributed by atoms with Crippen molar-refractivity contribution < 1.29 is 19.1 Å². The van der Waals surface area contributed by atoms with Crippen LogP contribution in [0.4, 0.5) is 0 Å². The Morgan fingerprint density at radius 3 is 2.62 bits per heavy atom. The minimum atomic E-state index is -0.0688. The third-order valence-electron chi connectivity index (χ3n) is 5.87. The van der Waals surface area contributed by atoms with Gasteiger partial charge in [-0.2, -0.15) is 0 Å². The van der Waals surface area contributed by atoms with Gasteiger partial charge in [-0.05, 0) is 43.7 Å². The van der Waals surface area contributed by atoms with Crippen molar-refractivity contribution in [1.29, 1.82) is 0 Å². The van der Waals surface area contributed by atoms with E-state index in [1.807, 2.05) is 4.90 Å². The van der Waals surface area contributed by atoms with Gasteiger partial charge in [0.25, 0.3) is 5.91 Å². The van der Waals surface area contributed by atoms with E-state index in [9.17, 15) is 9.59 Å². The first-order valence-corrected chi connectivity index (χ1v) is 9.42. The van der Waals surface area contributed by atoms with Crippen LogP contribution in [0.15, 0.2) is 18.2 Å². The van der Waals surface area contributed by atoms with Gasteiger partial charge >= 0.3 is 0 Å². The van der Waals surface area contributed by atoms with Gasteiger partial charge in [0.15, 0.2) is 0 Å². The number of rotatable bonds is 5. The molecule has 140 valence electrons. The van der Waals surface area contributed by atoms with E-state index in [2.05, 4.69) is 4.90 Å². The monoisotopic (exact) mass is 358 g/mol. The third kappa shape index (κ3) is 3.13. The lowest BCUT2D eigenvalue weighted by molar-refractivity contribution is -0.140. The van der Waals surface area contributed by atoms with E-state index in [0.29, 0.717) is 36.1 Å². The summed E-state index contributed by atoms with van der Waals surface area (Å²) < 4.78 is 10.6. The summed E-state index contributed by atoms with van der Waals surface area (Å²) in [5.74, 6) is 1.93. The van der Waals surface area contributed by atoms with Gasteiger partial charge in [-0.15, -0.1) is 0 Å². The zero-order valence-electron chi connectivity index (χ0n) is 15.4. The molecule has 0 radical (unpaired) electrons. The van der Waals surface area contributed by atoms with E-state index < -0.39 is 0 Å². The van der Waals surface area contributed by atoms with Crippen LogP contribution in [0, 0.1) is 11.8 Å². The number of methoxy groups -OCH3 is 2. The summed E-state index contributed by atoms with van der Waals surface area (Å²) >= 11 is 0. The number of nitrogens with zero attached hydrogens (tertiary/aromatic N) is 2. The molecule has 3 heterocycles. The number of benzene rings is 1. The predicted octanol–water partition coefficient (Wildman–Crippen LogP) is 2.18. The lowest BCUT2D eigenvalue weighted by Gasteiger charge is -2.36. The minimum absolute atomic E-state index is 0.0672. The maximum atomic E-state index is 13.2. The van der Waals surface area contributed by atoms with Gasteiger partial charge in [0.1, 0.15) is 11.5 Å². The second-order valence-electron chi connectivity index (χ2n) is 7.64. The van der Waals surface area contributed by atoms with E-state index in [4.69, 9.17) is 9.47 Å². The van der Waals surface area contributed by atoms with Crippen molar-refractivity contribution in [2.24, 2.45) is 11.8 Å². The van der Waals surface area contributed by atoms with Crippen LogP contribution in [0.5, 0.6) is 11.5 Å². The number of piperidine rings is 1. The Kier molecular flexibility index (Phi) is 4.51. The van der Waals surface area contributed by atoms with Crippen LogP contribution in [0.2, 0.25) is 0 Å². The second kappa shape index (κ2) is 6.82. The molecule has 4 fully saturated rings. The van der Waals surface area contributed by atoms with Crippen molar-refractivity contribution in [3.63, 3.8) is 0 Å². The molecule has 2 amide bonds. The molecule has 3 saturated heterocycles. The molecular weight excluding hydrogens is 332 g/mol. The molecule has 5 rings (SSSR count). The number of carbonyl (C=O) groups excluding carboxylic acids is 2. The normalized spacial score (nSPS) is 25.2. The van der Waals surface area contributed by atoms with Crippen LogP contribution >= 0.6 is 0 Å². The fourth-order valence-electron chi connectivity index (χ4n) is 4.17. The van der Waals surface area contributed by atoms with Gasteiger partial charge in [-0.3, -0.25) is 9.59 Å². The maximum Gasteiger partial charge on any atom is 0.257 e. The lowest BCUT2D eigenvalue weighted by Crippen LogP contribution is -2.48. The summed E-state index contributed by atoms with van der Waals surface area (Å²) in [5.41, 5.74) is 0.524. The number of hydrogen-bond acceptors (Lipinski definition) is 4. The maximum absolute atomic E-state index is 13.2. The number of ether oxygens (including phenoxy) is 2. The van der Waals surface area contributed by atoms with Gasteiger partial charge in [0.2, 0.25) is 5.91 Å². The molecule has 1 aromatic rings. The van der Waals surface area contributed by atoms with Crippen LogP contribution in [0.25, 0.3) is 0 Å². The Labute approximate surface area is 154 Å². The molecule has 6 heteroatoms. The lowest BCUT2D eigenvalue weighted by atomic mass is 9.94. The Bertz CT molecular complexity index is 716. The molecule has 0 spiro atoms. The molecule has 26 heavy (non-hydrogen) atoms. The van der Waals surface area contributed by atoms with Gasteiger partial charge in [0, 0.05) is 31.7 Å². The van der Waals surface area contributed by atoms with Crippen LogP contribution in [0.3, 0.4) is 0 Å². The van der Waals surface area contributed by atoms with E-state index in [0.717, 1.165) is 19.4 Å². The average Bonchev–Trinajstić information content (AvgIpc) is 3.50. The number of amides is 2. The topological polar surface area (TPSA) is 59.1 Å². The highest BCUT2D eigenvalue weighted by Crippen LogP contribution is 2.36. The van der Waals surface area contributed by atoms with Crippen molar-refractivity contribution in [2.75, 3.05) is 33.9 Å². The standard InChI is InChI=1S/C20H26N2O4/c1-25-16-7-8-17(18(9-16)26-2)20(24)21-11-14-5-6-15(12-21)22(19(14)23)10-13-3-4-13/h7-9,13-15H,3-6,10-12H2,1-2H3/t14-,15+/m0/s1. The second-order valence-corrected chi connectivity index (χ2v) is 7.64. The number of fused-ring (bicyclic) bond motifs is 4. The van der Waals surface area contributed by atoms with Crippen LogP contribution in [-0.2, 0) is 4.79 Å². The predicted molar refractivity (Wildman–Crippen MR) is 96.4 cm³/mol. The summed E-state index contributed by atoms with van der Waals surface area (Å²) in [7, 11) is 3.14. The first-order chi connectivity index (χ1) is 12.6. The fraction of sp³-hybridized carbons (Fsp3) is 0.600. The summed E-state index contributed by atoms with van der Waals surface area (Å²) in [6.07, 6.45) is 4.33. The SMILES string of the molecule is COc1ccc(C(=O)N2C[C@@H]3CC[C@H](C2)N(CC2CC2)C3=O)c(OC)c1.